The maximum atomic E-state index is 10.8. The van der Waals surface area contributed by atoms with Crippen molar-refractivity contribution in [1.29, 1.82) is 0 Å². The van der Waals surface area contributed by atoms with Gasteiger partial charge in [-0.05, 0) is 12.5 Å². The molecule has 2 rings (SSSR count). The Morgan fingerprint density at radius 2 is 2.31 bits per heavy atom. The Morgan fingerprint density at radius 3 is 2.94 bits per heavy atom. The number of phenols is 1. The number of aliphatic carboxylic acids is 1. The molecule has 3 N–H and O–H groups in total. The van der Waals surface area contributed by atoms with Crippen LogP contribution in [0.3, 0.4) is 0 Å². The third-order valence-corrected chi connectivity index (χ3v) is 3.88. The van der Waals surface area contributed by atoms with Crippen molar-refractivity contribution in [2.45, 2.75) is 18.3 Å². The summed E-state index contributed by atoms with van der Waals surface area (Å²) in [4.78, 5) is 10.8. The molecule has 0 bridgehead atoms. The number of carboxylic acid groups (broad SMARTS) is 1. The highest BCUT2D eigenvalue weighted by Gasteiger charge is 2.31. The van der Waals surface area contributed by atoms with Crippen molar-refractivity contribution in [3.05, 3.63) is 29.3 Å². The van der Waals surface area contributed by atoms with E-state index in [-0.39, 0.29) is 11.1 Å². The first-order valence-corrected chi connectivity index (χ1v) is 6.03. The Balaban J connectivity index is 2.21. The van der Waals surface area contributed by atoms with E-state index >= 15 is 0 Å². The van der Waals surface area contributed by atoms with Crippen LogP contribution < -0.4 is 5.32 Å². The second-order valence-corrected chi connectivity index (χ2v) is 4.92. The maximum Gasteiger partial charge on any atom is 0.321 e. The van der Waals surface area contributed by atoms with Crippen molar-refractivity contribution in [3.8, 4) is 5.75 Å². The second kappa shape index (κ2) is 4.35. The van der Waals surface area contributed by atoms with Gasteiger partial charge in [0.05, 0.1) is 5.37 Å². The molecule has 86 valence electrons. The van der Waals surface area contributed by atoms with Crippen molar-refractivity contribution in [1.82, 2.24) is 5.32 Å². The predicted octanol–water partition coefficient (Wildman–Crippen LogP) is 1.49. The molecule has 4 nitrogen and oxygen atoms in total. The number of phenolic OH excluding ortho intramolecular Hbond substituents is 1. The Hall–Kier alpha value is -1.20. The molecule has 1 aromatic rings. The molecule has 0 saturated carbocycles. The van der Waals surface area contributed by atoms with Crippen LogP contribution in [0.4, 0.5) is 0 Å². The van der Waals surface area contributed by atoms with Gasteiger partial charge in [-0.2, -0.15) is 0 Å². The molecular weight excluding hydrogens is 226 g/mol. The Morgan fingerprint density at radius 1 is 1.56 bits per heavy atom. The van der Waals surface area contributed by atoms with Gasteiger partial charge in [-0.15, -0.1) is 11.8 Å². The number of benzene rings is 1. The molecule has 0 radical (unpaired) electrons. The monoisotopic (exact) mass is 239 g/mol. The summed E-state index contributed by atoms with van der Waals surface area (Å²) in [5, 5.41) is 21.6. The molecule has 0 aromatic heterocycles. The minimum absolute atomic E-state index is 0.138. The fraction of sp³-hybridized carbons (Fsp3) is 0.364. The highest BCUT2D eigenvalue weighted by Crippen LogP contribution is 2.38. The predicted molar refractivity (Wildman–Crippen MR) is 62.6 cm³/mol. The van der Waals surface area contributed by atoms with Crippen LogP contribution in [0.1, 0.15) is 16.5 Å². The molecule has 1 saturated heterocycles. The quantitative estimate of drug-likeness (QED) is 0.729. The van der Waals surface area contributed by atoms with Crippen LogP contribution in [-0.4, -0.2) is 28.0 Å². The van der Waals surface area contributed by atoms with Gasteiger partial charge in [0.2, 0.25) is 0 Å². The van der Waals surface area contributed by atoms with Crippen LogP contribution in [0.2, 0.25) is 0 Å². The van der Waals surface area contributed by atoms with Gasteiger partial charge >= 0.3 is 5.97 Å². The highest BCUT2D eigenvalue weighted by molar-refractivity contribution is 7.99. The van der Waals surface area contributed by atoms with Crippen LogP contribution in [0.25, 0.3) is 0 Å². The number of thioether (sulfide) groups is 1. The van der Waals surface area contributed by atoms with E-state index < -0.39 is 12.0 Å². The van der Waals surface area contributed by atoms with Gasteiger partial charge < -0.3 is 10.2 Å². The van der Waals surface area contributed by atoms with Crippen molar-refractivity contribution in [2.75, 3.05) is 5.75 Å². The fourth-order valence-electron chi connectivity index (χ4n) is 1.69. The Labute approximate surface area is 97.7 Å². The van der Waals surface area contributed by atoms with Crippen LogP contribution in [-0.2, 0) is 4.79 Å². The van der Waals surface area contributed by atoms with E-state index in [9.17, 15) is 9.90 Å². The largest absolute Gasteiger partial charge is 0.507 e. The molecule has 0 aliphatic carbocycles. The van der Waals surface area contributed by atoms with E-state index in [2.05, 4.69) is 5.32 Å². The standard InChI is InChI=1S/C11H13NO3S/c1-6-3-2-4-7(9(6)13)10-12-8(5-16-10)11(14)15/h2-4,8,10,12-13H,5H2,1H3,(H,14,15). The van der Waals surface area contributed by atoms with Crippen molar-refractivity contribution < 1.29 is 15.0 Å². The van der Waals surface area contributed by atoms with Gasteiger partial charge in [-0.25, -0.2) is 0 Å². The number of hydrogen-bond donors (Lipinski definition) is 3. The smallest absolute Gasteiger partial charge is 0.321 e. The number of aryl methyl sites for hydroxylation is 1. The molecule has 0 amide bonds. The van der Waals surface area contributed by atoms with E-state index in [0.717, 1.165) is 11.1 Å². The van der Waals surface area contributed by atoms with Gasteiger partial charge in [-0.1, -0.05) is 18.2 Å². The van der Waals surface area contributed by atoms with E-state index in [1.54, 1.807) is 0 Å². The topological polar surface area (TPSA) is 69.6 Å². The van der Waals surface area contributed by atoms with Gasteiger partial charge in [0.1, 0.15) is 11.8 Å². The summed E-state index contributed by atoms with van der Waals surface area (Å²) in [5.41, 5.74) is 1.56. The Bertz CT molecular complexity index is 422. The van der Waals surface area contributed by atoms with Crippen LogP contribution in [0.5, 0.6) is 5.75 Å². The first-order valence-electron chi connectivity index (χ1n) is 4.98. The highest BCUT2D eigenvalue weighted by atomic mass is 32.2. The van der Waals surface area contributed by atoms with E-state index in [1.807, 2.05) is 25.1 Å². The minimum Gasteiger partial charge on any atom is -0.507 e. The summed E-state index contributed by atoms with van der Waals surface area (Å²) in [6.45, 7) is 1.83. The number of rotatable bonds is 2. The van der Waals surface area contributed by atoms with Gasteiger partial charge in [0.15, 0.2) is 0 Å². The Kier molecular flexibility index (Phi) is 3.07. The molecule has 1 heterocycles. The number of nitrogens with one attached hydrogen (secondary N) is 1. The summed E-state index contributed by atoms with van der Waals surface area (Å²) in [6.07, 6.45) is 0. The third-order valence-electron chi connectivity index (χ3n) is 2.63. The van der Waals surface area contributed by atoms with Crippen molar-refractivity contribution in [3.63, 3.8) is 0 Å². The lowest BCUT2D eigenvalue weighted by molar-refractivity contribution is -0.138. The summed E-state index contributed by atoms with van der Waals surface area (Å²) < 4.78 is 0. The lowest BCUT2D eigenvalue weighted by Gasteiger charge is -2.14. The molecule has 16 heavy (non-hydrogen) atoms. The number of hydrogen-bond acceptors (Lipinski definition) is 4. The summed E-state index contributed by atoms with van der Waals surface area (Å²) >= 11 is 1.50. The van der Waals surface area contributed by atoms with Crippen LogP contribution in [0.15, 0.2) is 18.2 Å². The zero-order valence-corrected chi connectivity index (χ0v) is 9.62. The molecule has 2 unspecified atom stereocenters. The number of carbonyl (C=O) groups is 1. The molecule has 2 atom stereocenters. The van der Waals surface area contributed by atoms with E-state index in [0.29, 0.717) is 5.75 Å². The van der Waals surface area contributed by atoms with Crippen LogP contribution in [0, 0.1) is 6.92 Å². The number of carboxylic acids is 1. The lowest BCUT2D eigenvalue weighted by Crippen LogP contribution is -2.33. The fourth-order valence-corrected chi connectivity index (χ4v) is 2.94. The average Bonchev–Trinajstić information content (AvgIpc) is 2.71. The SMILES string of the molecule is Cc1cccc(C2NC(C(=O)O)CS2)c1O. The lowest BCUT2D eigenvalue weighted by atomic mass is 10.1. The zero-order chi connectivity index (χ0) is 11.7. The van der Waals surface area contributed by atoms with E-state index in [1.165, 1.54) is 11.8 Å². The van der Waals surface area contributed by atoms with Crippen LogP contribution >= 0.6 is 11.8 Å². The maximum absolute atomic E-state index is 10.8. The minimum atomic E-state index is -0.845. The summed E-state index contributed by atoms with van der Waals surface area (Å²) in [5.74, 6) is -0.0754. The number of aromatic hydroxyl groups is 1. The normalized spacial score (nSPS) is 24.6. The molecule has 0 spiro atoms. The first-order chi connectivity index (χ1) is 7.59. The van der Waals surface area contributed by atoms with Gasteiger partial charge in [0.25, 0.3) is 0 Å². The number of para-hydroxylation sites is 1. The molecule has 5 heteroatoms. The summed E-state index contributed by atoms with van der Waals surface area (Å²) in [7, 11) is 0. The molecular formula is C11H13NO3S. The molecule has 1 aliphatic rings. The van der Waals surface area contributed by atoms with Gasteiger partial charge in [-0.3, -0.25) is 10.1 Å². The molecule has 1 fully saturated rings. The first kappa shape index (κ1) is 11.3. The van der Waals surface area contributed by atoms with E-state index in [4.69, 9.17) is 5.11 Å². The molecule has 1 aliphatic heterocycles. The van der Waals surface area contributed by atoms with Crippen molar-refractivity contribution >= 4 is 17.7 Å². The summed E-state index contributed by atoms with van der Waals surface area (Å²) in [6, 6.07) is 4.97. The van der Waals surface area contributed by atoms with Gasteiger partial charge in [0, 0.05) is 11.3 Å². The second-order valence-electron chi connectivity index (χ2n) is 3.78. The van der Waals surface area contributed by atoms with Crippen molar-refractivity contribution in [2.24, 2.45) is 0 Å². The zero-order valence-electron chi connectivity index (χ0n) is 8.80. The molecule has 1 aromatic carbocycles. The average molecular weight is 239 g/mol. The third kappa shape index (κ3) is 2.01.